The minimum absolute atomic E-state index is 0.0251. The predicted octanol–water partition coefficient (Wildman–Crippen LogP) is 1.89. The van der Waals surface area contributed by atoms with Gasteiger partial charge in [0.25, 0.3) is 5.91 Å². The first-order valence-corrected chi connectivity index (χ1v) is 9.72. The topological polar surface area (TPSA) is 76.6 Å². The van der Waals surface area contributed by atoms with Crippen molar-refractivity contribution in [3.05, 3.63) is 36.0 Å². The molecule has 1 atom stereocenters. The van der Waals surface area contributed by atoms with E-state index in [-0.39, 0.29) is 29.1 Å². The molecule has 1 aliphatic rings. The number of pyridine rings is 1. The molecule has 0 saturated carbocycles. The molecule has 0 radical (unpaired) electrons. The molecule has 0 unspecified atom stereocenters. The van der Waals surface area contributed by atoms with Crippen LogP contribution in [0.3, 0.4) is 0 Å². The molecule has 1 amide bonds. The van der Waals surface area contributed by atoms with E-state index in [9.17, 15) is 13.2 Å². The van der Waals surface area contributed by atoms with Crippen molar-refractivity contribution in [2.45, 2.75) is 19.4 Å². The molecule has 0 aliphatic carbocycles. The quantitative estimate of drug-likeness (QED) is 0.843. The Bertz CT molecular complexity index is 879. The number of carbonyl (C=O) groups excluding carboxylic acids is 1. The highest BCUT2D eigenvalue weighted by atomic mass is 32.2. The molecule has 0 spiro atoms. The van der Waals surface area contributed by atoms with Crippen LogP contribution in [0.4, 0.5) is 0 Å². The molecule has 6 nitrogen and oxygen atoms in total. The Morgan fingerprint density at radius 1 is 1.38 bits per heavy atom. The fraction of sp³-hybridized carbons (Fsp3) is 0.412. The van der Waals surface area contributed by atoms with E-state index in [2.05, 4.69) is 4.98 Å². The van der Waals surface area contributed by atoms with Gasteiger partial charge < -0.3 is 9.64 Å². The van der Waals surface area contributed by atoms with Gasteiger partial charge in [0.1, 0.15) is 5.69 Å². The van der Waals surface area contributed by atoms with Gasteiger partial charge in [-0.15, -0.1) is 0 Å². The summed E-state index contributed by atoms with van der Waals surface area (Å²) in [7, 11) is -1.53. The molecular weight excluding hydrogens is 328 g/mol. The lowest BCUT2D eigenvalue weighted by Crippen LogP contribution is -2.41. The summed E-state index contributed by atoms with van der Waals surface area (Å²) in [6.45, 7) is 2.29. The van der Waals surface area contributed by atoms with Gasteiger partial charge in [0.05, 0.1) is 18.6 Å². The predicted molar refractivity (Wildman–Crippen MR) is 92.1 cm³/mol. The second-order valence-electron chi connectivity index (χ2n) is 5.89. The first-order valence-electron chi connectivity index (χ1n) is 7.90. The number of sulfone groups is 1. The fourth-order valence-electron chi connectivity index (χ4n) is 3.17. The number of ether oxygens (including phenoxy) is 1. The minimum atomic E-state index is -3.05. The van der Waals surface area contributed by atoms with Crippen LogP contribution in [0.25, 0.3) is 10.8 Å². The molecule has 128 valence electrons. The number of benzene rings is 1. The van der Waals surface area contributed by atoms with Crippen molar-refractivity contribution in [2.24, 2.45) is 0 Å². The van der Waals surface area contributed by atoms with Gasteiger partial charge in [0, 0.05) is 18.0 Å². The van der Waals surface area contributed by atoms with Gasteiger partial charge in [0.2, 0.25) is 5.88 Å². The molecule has 1 aliphatic heterocycles. The van der Waals surface area contributed by atoms with Gasteiger partial charge in [0.15, 0.2) is 9.84 Å². The molecule has 2 heterocycles. The first kappa shape index (κ1) is 16.7. The van der Waals surface area contributed by atoms with Gasteiger partial charge in [-0.25, -0.2) is 13.4 Å². The summed E-state index contributed by atoms with van der Waals surface area (Å²) in [6, 6.07) is 8.99. The van der Waals surface area contributed by atoms with Gasteiger partial charge in [-0.3, -0.25) is 4.79 Å². The van der Waals surface area contributed by atoms with Crippen molar-refractivity contribution in [3.63, 3.8) is 0 Å². The third-order valence-electron chi connectivity index (χ3n) is 4.37. The number of methoxy groups -OCH3 is 1. The molecule has 1 aromatic heterocycles. The zero-order valence-corrected chi connectivity index (χ0v) is 14.5. The number of carbonyl (C=O) groups is 1. The van der Waals surface area contributed by atoms with Crippen molar-refractivity contribution in [1.29, 1.82) is 0 Å². The average molecular weight is 348 g/mol. The summed E-state index contributed by atoms with van der Waals surface area (Å²) in [4.78, 5) is 18.8. The molecule has 2 aromatic rings. The fourth-order valence-corrected chi connectivity index (χ4v) is 4.90. The van der Waals surface area contributed by atoms with Gasteiger partial charge >= 0.3 is 0 Å². The lowest BCUT2D eigenvalue weighted by molar-refractivity contribution is 0.0701. The summed E-state index contributed by atoms with van der Waals surface area (Å²) in [5, 5.41) is 1.70. The summed E-state index contributed by atoms with van der Waals surface area (Å²) in [5.74, 6) is 0.294. The maximum atomic E-state index is 12.9. The second-order valence-corrected chi connectivity index (χ2v) is 8.11. The number of nitrogens with zero attached hydrogens (tertiary/aromatic N) is 2. The van der Waals surface area contributed by atoms with Crippen molar-refractivity contribution in [3.8, 4) is 5.88 Å². The lowest BCUT2D eigenvalue weighted by atomic mass is 10.1. The van der Waals surface area contributed by atoms with Crippen LogP contribution in [-0.2, 0) is 9.84 Å². The number of amides is 1. The molecule has 3 rings (SSSR count). The van der Waals surface area contributed by atoms with E-state index in [1.54, 1.807) is 11.0 Å². The average Bonchev–Trinajstić information content (AvgIpc) is 2.94. The highest BCUT2D eigenvalue weighted by molar-refractivity contribution is 7.91. The SMILES string of the molecule is CCN(C(=O)c1cc2ccccc2c(OC)n1)[C@H]1CCS(=O)(=O)C1. The zero-order valence-electron chi connectivity index (χ0n) is 13.7. The lowest BCUT2D eigenvalue weighted by Gasteiger charge is -2.26. The van der Waals surface area contributed by atoms with Gasteiger partial charge in [-0.1, -0.05) is 18.2 Å². The van der Waals surface area contributed by atoms with E-state index in [0.29, 0.717) is 18.8 Å². The first-order chi connectivity index (χ1) is 11.4. The van der Waals surface area contributed by atoms with Crippen LogP contribution in [0, 0.1) is 0 Å². The highest BCUT2D eigenvalue weighted by Gasteiger charge is 2.34. The van der Waals surface area contributed by atoms with E-state index in [4.69, 9.17) is 4.74 Å². The van der Waals surface area contributed by atoms with Crippen LogP contribution in [0.15, 0.2) is 30.3 Å². The molecule has 24 heavy (non-hydrogen) atoms. The smallest absolute Gasteiger partial charge is 0.272 e. The maximum absolute atomic E-state index is 12.9. The summed E-state index contributed by atoms with van der Waals surface area (Å²) in [5.41, 5.74) is 0.275. The summed E-state index contributed by atoms with van der Waals surface area (Å²) >= 11 is 0. The molecule has 0 bridgehead atoms. The van der Waals surface area contributed by atoms with Crippen LogP contribution >= 0.6 is 0 Å². The number of hydrogen-bond donors (Lipinski definition) is 0. The standard InChI is InChI=1S/C17H20N2O4S/c1-3-19(13-8-9-24(21,22)11-13)17(20)15-10-12-6-4-5-7-14(12)16(18-15)23-2/h4-7,10,13H,3,8-9,11H2,1-2H3/t13-/m0/s1. The Morgan fingerprint density at radius 3 is 2.75 bits per heavy atom. The van der Waals surface area contributed by atoms with Crippen molar-refractivity contribution >= 4 is 26.5 Å². The third kappa shape index (κ3) is 3.08. The number of rotatable bonds is 4. The summed E-state index contributed by atoms with van der Waals surface area (Å²) in [6.07, 6.45) is 0.479. The molecule has 1 saturated heterocycles. The van der Waals surface area contributed by atoms with Gasteiger partial charge in [-0.05, 0) is 30.9 Å². The number of fused-ring (bicyclic) bond motifs is 1. The van der Waals surface area contributed by atoms with Crippen molar-refractivity contribution in [2.75, 3.05) is 25.2 Å². The molecule has 0 N–H and O–H groups in total. The van der Waals surface area contributed by atoms with E-state index in [0.717, 1.165) is 10.8 Å². The second kappa shape index (κ2) is 6.39. The molecular formula is C17H20N2O4S. The maximum Gasteiger partial charge on any atom is 0.272 e. The molecule has 7 heteroatoms. The Labute approximate surface area is 141 Å². The number of aromatic nitrogens is 1. The van der Waals surface area contributed by atoms with Gasteiger partial charge in [-0.2, -0.15) is 0 Å². The summed E-state index contributed by atoms with van der Waals surface area (Å²) < 4.78 is 28.8. The zero-order chi connectivity index (χ0) is 17.3. The Balaban J connectivity index is 1.98. The van der Waals surface area contributed by atoms with Crippen LogP contribution < -0.4 is 4.74 Å². The van der Waals surface area contributed by atoms with Crippen LogP contribution in [-0.4, -0.2) is 55.4 Å². The molecule has 1 aromatic carbocycles. The highest BCUT2D eigenvalue weighted by Crippen LogP contribution is 2.26. The Morgan fingerprint density at radius 2 is 2.12 bits per heavy atom. The van der Waals surface area contributed by atoms with Crippen molar-refractivity contribution < 1.29 is 17.9 Å². The van der Waals surface area contributed by atoms with Crippen LogP contribution in [0.5, 0.6) is 5.88 Å². The van der Waals surface area contributed by atoms with Crippen molar-refractivity contribution in [1.82, 2.24) is 9.88 Å². The van der Waals surface area contributed by atoms with E-state index < -0.39 is 9.84 Å². The Hall–Kier alpha value is -2.15. The number of hydrogen-bond acceptors (Lipinski definition) is 5. The monoisotopic (exact) mass is 348 g/mol. The minimum Gasteiger partial charge on any atom is -0.481 e. The van der Waals surface area contributed by atoms with E-state index >= 15 is 0 Å². The Kier molecular flexibility index (Phi) is 4.45. The molecule has 1 fully saturated rings. The normalized spacial score (nSPS) is 19.3. The van der Waals surface area contributed by atoms with Crippen LogP contribution in [0.2, 0.25) is 0 Å². The van der Waals surface area contributed by atoms with Crippen LogP contribution in [0.1, 0.15) is 23.8 Å². The van der Waals surface area contributed by atoms with E-state index in [1.807, 2.05) is 31.2 Å². The third-order valence-corrected chi connectivity index (χ3v) is 6.12. The largest absolute Gasteiger partial charge is 0.481 e. The van der Waals surface area contributed by atoms with E-state index in [1.165, 1.54) is 7.11 Å².